The quantitative estimate of drug-likeness (QED) is 0.564. The molecular formula is C5H10ClNO2. The number of hydrogen-bond acceptors (Lipinski definition) is 2. The third-order valence-corrected chi connectivity index (χ3v) is 1.76. The molecular weight excluding hydrogens is 142 g/mol. The van der Waals surface area contributed by atoms with Crippen LogP contribution in [0.5, 0.6) is 0 Å². The van der Waals surface area contributed by atoms with Crippen LogP contribution in [0.25, 0.3) is 0 Å². The first kappa shape index (κ1) is 8.72. The summed E-state index contributed by atoms with van der Waals surface area (Å²) >= 11 is 0. The van der Waals surface area contributed by atoms with Gasteiger partial charge >= 0.3 is 5.97 Å². The van der Waals surface area contributed by atoms with E-state index in [4.69, 9.17) is 10.8 Å². The Balaban J connectivity index is 0.000000640. The van der Waals surface area contributed by atoms with Crippen molar-refractivity contribution in [2.45, 2.75) is 18.9 Å². The highest BCUT2D eigenvalue weighted by Crippen LogP contribution is 2.40. The van der Waals surface area contributed by atoms with Gasteiger partial charge in [-0.3, -0.25) is 4.79 Å². The Labute approximate surface area is 59.6 Å². The molecule has 4 heteroatoms. The number of rotatable bonds is 1. The van der Waals surface area contributed by atoms with Crippen molar-refractivity contribution >= 4 is 18.4 Å². The number of hydrogen-bond donors (Lipinski definition) is 2. The van der Waals surface area contributed by atoms with Crippen molar-refractivity contribution in [2.75, 3.05) is 0 Å². The molecule has 0 spiro atoms. The number of halogens is 1. The van der Waals surface area contributed by atoms with Crippen molar-refractivity contribution in [3.05, 3.63) is 0 Å². The van der Waals surface area contributed by atoms with Gasteiger partial charge in [0, 0.05) is 0 Å². The normalized spacial score (nSPS) is 39.1. The van der Waals surface area contributed by atoms with Crippen LogP contribution in [0.1, 0.15) is 13.3 Å². The van der Waals surface area contributed by atoms with E-state index in [1.807, 2.05) is 6.92 Å². The summed E-state index contributed by atoms with van der Waals surface area (Å²) in [7, 11) is 0. The van der Waals surface area contributed by atoms with Crippen molar-refractivity contribution in [1.29, 1.82) is 0 Å². The molecule has 0 aliphatic heterocycles. The summed E-state index contributed by atoms with van der Waals surface area (Å²) in [6, 6.07) is 0. The van der Waals surface area contributed by atoms with Gasteiger partial charge in [0.2, 0.25) is 0 Å². The Morgan fingerprint density at radius 3 is 2.22 bits per heavy atom. The number of carbonyl (C=O) groups is 1. The number of carboxylic acids is 1. The van der Waals surface area contributed by atoms with Gasteiger partial charge in [0.15, 0.2) is 0 Å². The van der Waals surface area contributed by atoms with Crippen LogP contribution < -0.4 is 5.73 Å². The average Bonchev–Trinajstić information content (AvgIpc) is 2.17. The standard InChI is InChI=1S/C5H9NO2.ClH/c1-3-2-5(3,6)4(7)8;/h3H,2,6H2,1H3,(H,7,8);1H/t3-,5?;/m0./s1. The summed E-state index contributed by atoms with van der Waals surface area (Å²) in [4.78, 5) is 10.2. The second kappa shape index (κ2) is 2.15. The number of nitrogens with two attached hydrogens (primary N) is 1. The lowest BCUT2D eigenvalue weighted by molar-refractivity contribution is -0.140. The first-order chi connectivity index (χ1) is 3.57. The Morgan fingerprint density at radius 1 is 1.89 bits per heavy atom. The van der Waals surface area contributed by atoms with Crippen LogP contribution in [-0.2, 0) is 4.79 Å². The number of aliphatic carboxylic acids is 1. The predicted molar refractivity (Wildman–Crippen MR) is 35.6 cm³/mol. The Hall–Kier alpha value is -0.280. The second-order valence-electron chi connectivity index (χ2n) is 2.45. The predicted octanol–water partition coefficient (Wildman–Crippen LogP) is 0.230. The molecule has 1 aliphatic rings. The summed E-state index contributed by atoms with van der Waals surface area (Å²) in [6.45, 7) is 1.84. The third-order valence-electron chi connectivity index (χ3n) is 1.76. The van der Waals surface area contributed by atoms with Crippen LogP contribution in [0.3, 0.4) is 0 Å². The molecule has 0 aromatic carbocycles. The van der Waals surface area contributed by atoms with Crippen LogP contribution in [0.4, 0.5) is 0 Å². The van der Waals surface area contributed by atoms with Gasteiger partial charge in [0.25, 0.3) is 0 Å². The summed E-state index contributed by atoms with van der Waals surface area (Å²) in [5.41, 5.74) is 4.46. The van der Waals surface area contributed by atoms with Gasteiger partial charge in [0.05, 0.1) is 0 Å². The largest absolute Gasteiger partial charge is 0.480 e. The van der Waals surface area contributed by atoms with Crippen molar-refractivity contribution in [1.82, 2.24) is 0 Å². The van der Waals surface area contributed by atoms with Crippen molar-refractivity contribution in [2.24, 2.45) is 11.7 Å². The summed E-state index contributed by atoms with van der Waals surface area (Å²) in [5, 5.41) is 8.36. The molecule has 0 aromatic heterocycles. The molecule has 0 saturated heterocycles. The Bertz CT molecular complexity index is 139. The van der Waals surface area contributed by atoms with E-state index >= 15 is 0 Å². The fraction of sp³-hybridized carbons (Fsp3) is 0.800. The van der Waals surface area contributed by atoms with Gasteiger partial charge in [-0.15, -0.1) is 12.4 Å². The molecule has 0 aromatic rings. The fourth-order valence-electron chi connectivity index (χ4n) is 0.746. The molecule has 0 radical (unpaired) electrons. The zero-order valence-corrected chi connectivity index (χ0v) is 5.94. The first-order valence-corrected chi connectivity index (χ1v) is 2.59. The van der Waals surface area contributed by atoms with Crippen LogP contribution in [0.2, 0.25) is 0 Å². The molecule has 2 atom stereocenters. The van der Waals surface area contributed by atoms with Gasteiger partial charge in [-0.25, -0.2) is 0 Å². The molecule has 0 heterocycles. The van der Waals surface area contributed by atoms with E-state index < -0.39 is 11.5 Å². The van der Waals surface area contributed by atoms with Crippen LogP contribution in [0.15, 0.2) is 0 Å². The maximum absolute atomic E-state index is 10.2. The zero-order valence-electron chi connectivity index (χ0n) is 5.13. The SMILES string of the molecule is C[C@H]1CC1(N)C(=O)O.Cl. The molecule has 1 fully saturated rings. The van der Waals surface area contributed by atoms with E-state index in [0.717, 1.165) is 0 Å². The molecule has 1 aliphatic carbocycles. The highest BCUT2D eigenvalue weighted by atomic mass is 35.5. The van der Waals surface area contributed by atoms with Crippen LogP contribution >= 0.6 is 12.4 Å². The van der Waals surface area contributed by atoms with E-state index in [1.165, 1.54) is 0 Å². The van der Waals surface area contributed by atoms with Crippen LogP contribution in [-0.4, -0.2) is 16.6 Å². The summed E-state index contributed by atoms with van der Waals surface area (Å²) in [5.74, 6) is -0.704. The van der Waals surface area contributed by atoms with E-state index in [0.29, 0.717) is 6.42 Å². The molecule has 54 valence electrons. The Kier molecular flexibility index (Phi) is 2.09. The van der Waals surface area contributed by atoms with Gasteiger partial charge < -0.3 is 10.8 Å². The zero-order chi connectivity index (χ0) is 6.36. The van der Waals surface area contributed by atoms with Gasteiger partial charge in [0.1, 0.15) is 5.54 Å². The molecule has 1 saturated carbocycles. The van der Waals surface area contributed by atoms with E-state index in [-0.39, 0.29) is 18.3 Å². The minimum absolute atomic E-state index is 0. The van der Waals surface area contributed by atoms with E-state index in [2.05, 4.69) is 0 Å². The van der Waals surface area contributed by atoms with Gasteiger partial charge in [-0.1, -0.05) is 6.92 Å². The lowest BCUT2D eigenvalue weighted by Crippen LogP contribution is -2.34. The smallest absolute Gasteiger partial charge is 0.323 e. The molecule has 9 heavy (non-hydrogen) atoms. The maximum Gasteiger partial charge on any atom is 0.323 e. The molecule has 0 amide bonds. The third kappa shape index (κ3) is 1.17. The van der Waals surface area contributed by atoms with Crippen LogP contribution in [0, 0.1) is 5.92 Å². The van der Waals surface area contributed by atoms with Gasteiger partial charge in [-0.2, -0.15) is 0 Å². The molecule has 1 unspecified atom stereocenters. The van der Waals surface area contributed by atoms with E-state index in [9.17, 15) is 4.79 Å². The van der Waals surface area contributed by atoms with Gasteiger partial charge in [-0.05, 0) is 12.3 Å². The minimum atomic E-state index is -0.875. The molecule has 1 rings (SSSR count). The second-order valence-corrected chi connectivity index (χ2v) is 2.45. The summed E-state index contributed by atoms with van der Waals surface area (Å²) < 4.78 is 0. The fourth-order valence-corrected chi connectivity index (χ4v) is 0.746. The van der Waals surface area contributed by atoms with Crippen molar-refractivity contribution in [3.8, 4) is 0 Å². The molecule has 0 bridgehead atoms. The van der Waals surface area contributed by atoms with Crippen molar-refractivity contribution in [3.63, 3.8) is 0 Å². The monoisotopic (exact) mass is 151 g/mol. The van der Waals surface area contributed by atoms with Crippen molar-refractivity contribution < 1.29 is 9.90 Å². The number of carboxylic acid groups (broad SMARTS) is 1. The molecule has 3 nitrogen and oxygen atoms in total. The highest BCUT2D eigenvalue weighted by molar-refractivity contribution is 5.85. The lowest BCUT2D eigenvalue weighted by atomic mass is 10.2. The highest BCUT2D eigenvalue weighted by Gasteiger charge is 2.54. The maximum atomic E-state index is 10.2. The molecule has 3 N–H and O–H groups in total. The van der Waals surface area contributed by atoms with E-state index in [1.54, 1.807) is 0 Å². The first-order valence-electron chi connectivity index (χ1n) is 2.59. The minimum Gasteiger partial charge on any atom is -0.480 e. The Morgan fingerprint density at radius 2 is 2.22 bits per heavy atom. The average molecular weight is 152 g/mol. The summed E-state index contributed by atoms with van der Waals surface area (Å²) in [6.07, 6.45) is 0.627. The topological polar surface area (TPSA) is 63.3 Å². The lowest BCUT2D eigenvalue weighted by Gasteiger charge is -1.98.